The van der Waals surface area contributed by atoms with Crippen LogP contribution >= 0.6 is 0 Å². The molecule has 0 aliphatic heterocycles. The molecule has 1 aliphatic rings. The summed E-state index contributed by atoms with van der Waals surface area (Å²) in [6.07, 6.45) is 1.49. The number of rotatable bonds is 5. The van der Waals surface area contributed by atoms with Crippen molar-refractivity contribution in [1.29, 1.82) is 0 Å². The summed E-state index contributed by atoms with van der Waals surface area (Å²) in [5.74, 6) is 1.93. The number of hydrogen-bond acceptors (Lipinski definition) is 5. The van der Waals surface area contributed by atoms with Crippen molar-refractivity contribution in [1.82, 2.24) is 0 Å². The number of esters is 1. The highest BCUT2D eigenvalue weighted by Gasteiger charge is 2.30. The van der Waals surface area contributed by atoms with Crippen molar-refractivity contribution in [2.24, 2.45) is 5.92 Å². The molecule has 0 saturated carbocycles. The molecule has 120 valence electrons. The number of hydrogen-bond donors (Lipinski definition) is 0. The molecule has 0 bridgehead atoms. The van der Waals surface area contributed by atoms with Gasteiger partial charge in [0.05, 0.1) is 28.4 Å². The maximum Gasteiger partial charge on any atom is 0.334 e. The van der Waals surface area contributed by atoms with Gasteiger partial charge in [0.15, 0.2) is 11.5 Å². The number of carbonyl (C=O) groups is 1. The second kappa shape index (κ2) is 6.73. The number of ether oxygens (including phenoxy) is 4. The molecule has 0 heterocycles. The van der Waals surface area contributed by atoms with Gasteiger partial charge in [0.1, 0.15) is 5.75 Å². The molecular formula is C17H22O5. The summed E-state index contributed by atoms with van der Waals surface area (Å²) >= 11 is 0. The molecule has 5 nitrogen and oxygen atoms in total. The van der Waals surface area contributed by atoms with Crippen LogP contribution < -0.4 is 14.2 Å². The van der Waals surface area contributed by atoms with E-state index >= 15 is 0 Å². The Kier molecular flexibility index (Phi) is 4.96. The Balaban J connectivity index is 2.65. The average Bonchev–Trinajstić information content (AvgIpc) is 2.94. The predicted molar refractivity (Wildman–Crippen MR) is 83.4 cm³/mol. The molecule has 0 spiro atoms. The van der Waals surface area contributed by atoms with Gasteiger partial charge in [-0.15, -0.1) is 0 Å². The van der Waals surface area contributed by atoms with E-state index in [2.05, 4.69) is 6.92 Å². The van der Waals surface area contributed by atoms with Crippen LogP contribution in [0.15, 0.2) is 17.7 Å². The third-order valence-corrected chi connectivity index (χ3v) is 3.91. The van der Waals surface area contributed by atoms with Crippen molar-refractivity contribution in [2.75, 3.05) is 28.4 Å². The number of carbonyl (C=O) groups excluding carboxylic acids is 1. The van der Waals surface area contributed by atoms with Crippen LogP contribution in [-0.4, -0.2) is 34.4 Å². The van der Waals surface area contributed by atoms with Gasteiger partial charge in [-0.3, -0.25) is 0 Å². The maximum atomic E-state index is 12.1. The Labute approximate surface area is 130 Å². The van der Waals surface area contributed by atoms with Crippen LogP contribution in [0.1, 0.15) is 25.3 Å². The zero-order valence-corrected chi connectivity index (χ0v) is 13.7. The van der Waals surface area contributed by atoms with E-state index in [4.69, 9.17) is 18.9 Å². The third kappa shape index (κ3) is 2.89. The molecule has 0 saturated heterocycles. The van der Waals surface area contributed by atoms with Crippen LogP contribution in [0.3, 0.4) is 0 Å². The first-order valence-electron chi connectivity index (χ1n) is 7.16. The first kappa shape index (κ1) is 16.2. The minimum atomic E-state index is -0.289. The minimum absolute atomic E-state index is 0.289. The summed E-state index contributed by atoms with van der Waals surface area (Å²) in [6.45, 7) is 2.11. The first-order valence-corrected chi connectivity index (χ1v) is 7.16. The lowest BCUT2D eigenvalue weighted by Crippen LogP contribution is -2.05. The van der Waals surface area contributed by atoms with Gasteiger partial charge in [0.2, 0.25) is 0 Å². The molecule has 0 aromatic heterocycles. The molecule has 0 amide bonds. The molecule has 1 atom stereocenters. The van der Waals surface area contributed by atoms with Gasteiger partial charge in [0.25, 0.3) is 0 Å². The van der Waals surface area contributed by atoms with Crippen molar-refractivity contribution < 1.29 is 23.7 Å². The Bertz CT molecular complexity index is 603. The van der Waals surface area contributed by atoms with E-state index in [1.807, 2.05) is 6.07 Å². The van der Waals surface area contributed by atoms with E-state index in [0.29, 0.717) is 35.2 Å². The van der Waals surface area contributed by atoms with Crippen molar-refractivity contribution in [2.45, 2.75) is 19.8 Å². The zero-order chi connectivity index (χ0) is 16.3. The molecule has 1 aliphatic carbocycles. The predicted octanol–water partition coefficient (Wildman–Crippen LogP) is 3.07. The Morgan fingerprint density at radius 3 is 2.32 bits per heavy atom. The number of benzene rings is 1. The number of allylic oxidation sites excluding steroid dienone is 1. The summed E-state index contributed by atoms with van der Waals surface area (Å²) in [6, 6.07) is 3.64. The summed E-state index contributed by atoms with van der Waals surface area (Å²) in [7, 11) is 6.16. The van der Waals surface area contributed by atoms with E-state index in [1.54, 1.807) is 27.4 Å². The van der Waals surface area contributed by atoms with Gasteiger partial charge in [-0.2, -0.15) is 0 Å². The smallest absolute Gasteiger partial charge is 0.334 e. The van der Waals surface area contributed by atoms with Crippen LogP contribution in [0, 0.1) is 5.92 Å². The molecule has 22 heavy (non-hydrogen) atoms. The molecule has 1 aromatic rings. The highest BCUT2D eigenvalue weighted by Crippen LogP contribution is 2.46. The van der Waals surface area contributed by atoms with Crippen LogP contribution in [0.4, 0.5) is 0 Å². The average molecular weight is 306 g/mol. The minimum Gasteiger partial charge on any atom is -0.497 e. The monoisotopic (exact) mass is 306 g/mol. The van der Waals surface area contributed by atoms with E-state index in [9.17, 15) is 4.79 Å². The van der Waals surface area contributed by atoms with Gasteiger partial charge in [0, 0.05) is 17.2 Å². The molecule has 2 rings (SSSR count). The van der Waals surface area contributed by atoms with E-state index < -0.39 is 0 Å². The van der Waals surface area contributed by atoms with Crippen molar-refractivity contribution in [3.8, 4) is 17.2 Å². The lowest BCUT2D eigenvalue weighted by molar-refractivity contribution is -0.136. The molecule has 5 heteroatoms. The molecule has 1 aromatic carbocycles. The fraction of sp³-hybridized carbons (Fsp3) is 0.471. The van der Waals surface area contributed by atoms with Crippen LogP contribution in [0.2, 0.25) is 0 Å². The zero-order valence-electron chi connectivity index (χ0n) is 13.7. The Hall–Kier alpha value is -2.17. The van der Waals surface area contributed by atoms with Gasteiger partial charge in [-0.25, -0.2) is 4.79 Å². The fourth-order valence-corrected chi connectivity index (χ4v) is 2.90. The third-order valence-electron chi connectivity index (χ3n) is 3.91. The molecule has 0 N–H and O–H groups in total. The Morgan fingerprint density at radius 1 is 1.05 bits per heavy atom. The highest BCUT2D eigenvalue weighted by molar-refractivity contribution is 6.00. The van der Waals surface area contributed by atoms with Crippen molar-refractivity contribution in [3.63, 3.8) is 0 Å². The van der Waals surface area contributed by atoms with Gasteiger partial charge >= 0.3 is 5.97 Å². The lowest BCUT2D eigenvalue weighted by Gasteiger charge is -2.16. The highest BCUT2D eigenvalue weighted by atomic mass is 16.5. The molecule has 0 radical (unpaired) electrons. The standard InChI is InChI=1S/C17H22O5/c1-10-6-12(14(7-10)17(18)22-5)13-8-11(19-2)9-15(20-3)16(13)21-4/h8-10H,6-7H2,1-5H3. The second-order valence-electron chi connectivity index (χ2n) is 5.37. The van der Waals surface area contributed by atoms with Crippen molar-refractivity contribution in [3.05, 3.63) is 23.3 Å². The molecular weight excluding hydrogens is 284 g/mol. The second-order valence-corrected chi connectivity index (χ2v) is 5.37. The van der Waals surface area contributed by atoms with Crippen LogP contribution in [0.25, 0.3) is 5.57 Å². The maximum absolute atomic E-state index is 12.1. The van der Waals surface area contributed by atoms with Gasteiger partial charge < -0.3 is 18.9 Å². The molecule has 1 unspecified atom stereocenters. The van der Waals surface area contributed by atoms with Crippen LogP contribution in [-0.2, 0) is 9.53 Å². The summed E-state index contributed by atoms with van der Waals surface area (Å²) in [4.78, 5) is 12.1. The lowest BCUT2D eigenvalue weighted by atomic mass is 9.99. The van der Waals surface area contributed by atoms with Gasteiger partial charge in [-0.1, -0.05) is 6.92 Å². The summed E-state index contributed by atoms with van der Waals surface area (Å²) < 4.78 is 21.1. The Morgan fingerprint density at radius 2 is 1.77 bits per heavy atom. The van der Waals surface area contributed by atoms with E-state index in [-0.39, 0.29) is 5.97 Å². The topological polar surface area (TPSA) is 54.0 Å². The van der Waals surface area contributed by atoms with E-state index in [1.165, 1.54) is 7.11 Å². The SMILES string of the molecule is COC(=O)C1=C(c2cc(OC)cc(OC)c2OC)CC(C)C1. The largest absolute Gasteiger partial charge is 0.497 e. The summed E-state index contributed by atoms with van der Waals surface area (Å²) in [5.41, 5.74) is 2.46. The first-order chi connectivity index (χ1) is 10.5. The fourth-order valence-electron chi connectivity index (χ4n) is 2.90. The number of methoxy groups -OCH3 is 4. The summed E-state index contributed by atoms with van der Waals surface area (Å²) in [5, 5.41) is 0. The van der Waals surface area contributed by atoms with E-state index in [0.717, 1.165) is 17.6 Å². The normalized spacial score (nSPS) is 17.4. The van der Waals surface area contributed by atoms with Crippen molar-refractivity contribution >= 4 is 11.5 Å². The molecule has 0 fully saturated rings. The van der Waals surface area contributed by atoms with Crippen LogP contribution in [0.5, 0.6) is 17.2 Å². The van der Waals surface area contributed by atoms with Gasteiger partial charge in [-0.05, 0) is 30.4 Å². The quantitative estimate of drug-likeness (QED) is 0.783.